The van der Waals surface area contributed by atoms with Crippen LogP contribution in [0.1, 0.15) is 43.6 Å². The molecule has 0 spiro atoms. The fourth-order valence-electron chi connectivity index (χ4n) is 2.32. The molecule has 0 radical (unpaired) electrons. The quantitative estimate of drug-likeness (QED) is 0.629. The van der Waals surface area contributed by atoms with E-state index in [0.717, 1.165) is 24.3 Å². The molecule has 4 nitrogen and oxygen atoms in total. The zero-order valence-corrected chi connectivity index (χ0v) is 10.6. The summed E-state index contributed by atoms with van der Waals surface area (Å²) >= 11 is 5.63. The molecule has 1 unspecified atom stereocenters. The summed E-state index contributed by atoms with van der Waals surface area (Å²) in [6, 6.07) is 1.81. The van der Waals surface area contributed by atoms with Gasteiger partial charge in [0, 0.05) is 6.07 Å². The van der Waals surface area contributed by atoms with Crippen molar-refractivity contribution in [3.05, 3.63) is 17.5 Å². The molecule has 1 aliphatic rings. The Balaban J connectivity index is 1.76. The highest BCUT2D eigenvalue weighted by Crippen LogP contribution is 2.25. The van der Waals surface area contributed by atoms with E-state index in [4.69, 9.17) is 16.1 Å². The molecule has 0 aliphatic heterocycles. The molecule has 2 N–H and O–H groups in total. The van der Waals surface area contributed by atoms with Crippen molar-refractivity contribution >= 4 is 11.6 Å². The van der Waals surface area contributed by atoms with E-state index in [1.807, 2.05) is 6.07 Å². The number of nitrogens with zero attached hydrogens (tertiary/aromatic N) is 1. The van der Waals surface area contributed by atoms with E-state index < -0.39 is 6.23 Å². The standard InChI is InChI=1S/C12H19ClN2O2/c13-7-10-6-11(17-15-10)8-14-12(16)9-4-2-1-3-5-9/h6,9,12,14,16H,1-5,7-8H2. The maximum Gasteiger partial charge on any atom is 0.150 e. The van der Waals surface area contributed by atoms with Crippen LogP contribution in [0.5, 0.6) is 0 Å². The molecule has 0 bridgehead atoms. The van der Waals surface area contributed by atoms with Crippen LogP contribution in [-0.4, -0.2) is 16.5 Å². The number of nitrogens with one attached hydrogen (secondary N) is 1. The Labute approximate surface area is 106 Å². The summed E-state index contributed by atoms with van der Waals surface area (Å²) in [7, 11) is 0. The number of aromatic nitrogens is 1. The SMILES string of the molecule is OC(NCc1cc(CCl)no1)C1CCCCC1. The molecule has 1 atom stereocenters. The van der Waals surface area contributed by atoms with Crippen molar-refractivity contribution in [3.63, 3.8) is 0 Å². The molecule has 1 heterocycles. The van der Waals surface area contributed by atoms with Crippen molar-refractivity contribution in [1.82, 2.24) is 10.5 Å². The van der Waals surface area contributed by atoms with E-state index in [9.17, 15) is 5.11 Å². The molecule has 96 valence electrons. The third kappa shape index (κ3) is 3.69. The van der Waals surface area contributed by atoms with Crippen molar-refractivity contribution < 1.29 is 9.63 Å². The minimum atomic E-state index is -0.445. The minimum Gasteiger partial charge on any atom is -0.378 e. The molecule has 0 saturated heterocycles. The molecular formula is C12H19ClN2O2. The molecule has 1 aromatic heterocycles. The molecule has 1 aromatic rings. The fraction of sp³-hybridized carbons (Fsp3) is 0.750. The fourth-order valence-corrected chi connectivity index (χ4v) is 2.45. The molecule has 2 rings (SSSR count). The van der Waals surface area contributed by atoms with Gasteiger partial charge in [-0.05, 0) is 18.8 Å². The lowest BCUT2D eigenvalue weighted by Crippen LogP contribution is -2.36. The van der Waals surface area contributed by atoms with Crippen LogP contribution in [0.3, 0.4) is 0 Å². The van der Waals surface area contributed by atoms with Gasteiger partial charge in [-0.3, -0.25) is 5.32 Å². The monoisotopic (exact) mass is 258 g/mol. The van der Waals surface area contributed by atoms with Crippen LogP contribution in [0, 0.1) is 5.92 Å². The first-order valence-electron chi connectivity index (χ1n) is 6.21. The number of aliphatic hydroxyl groups excluding tert-OH is 1. The normalized spacial score (nSPS) is 19.4. The van der Waals surface area contributed by atoms with Gasteiger partial charge in [-0.25, -0.2) is 0 Å². The first-order valence-corrected chi connectivity index (χ1v) is 6.75. The second-order valence-corrected chi connectivity index (χ2v) is 4.91. The van der Waals surface area contributed by atoms with E-state index in [0.29, 0.717) is 18.3 Å². The Morgan fingerprint density at radius 3 is 2.88 bits per heavy atom. The van der Waals surface area contributed by atoms with Crippen molar-refractivity contribution in [2.75, 3.05) is 0 Å². The number of hydrogen-bond acceptors (Lipinski definition) is 4. The Hall–Kier alpha value is -0.580. The van der Waals surface area contributed by atoms with E-state index in [1.165, 1.54) is 19.3 Å². The first-order chi connectivity index (χ1) is 8.29. The summed E-state index contributed by atoms with van der Waals surface area (Å²) in [5.74, 6) is 1.45. The Morgan fingerprint density at radius 2 is 2.24 bits per heavy atom. The van der Waals surface area contributed by atoms with E-state index in [2.05, 4.69) is 10.5 Å². The highest BCUT2D eigenvalue weighted by Gasteiger charge is 2.21. The van der Waals surface area contributed by atoms with E-state index in [-0.39, 0.29) is 0 Å². The van der Waals surface area contributed by atoms with Crippen LogP contribution in [0.25, 0.3) is 0 Å². The Kier molecular flexibility index (Phi) is 4.83. The average molecular weight is 259 g/mol. The van der Waals surface area contributed by atoms with E-state index in [1.54, 1.807) is 0 Å². The lowest BCUT2D eigenvalue weighted by Gasteiger charge is -2.26. The molecule has 17 heavy (non-hydrogen) atoms. The third-order valence-corrected chi connectivity index (χ3v) is 3.60. The highest BCUT2D eigenvalue weighted by molar-refractivity contribution is 6.16. The zero-order chi connectivity index (χ0) is 12.1. The smallest absolute Gasteiger partial charge is 0.150 e. The molecule has 1 aliphatic carbocycles. The topological polar surface area (TPSA) is 58.3 Å². The van der Waals surface area contributed by atoms with Crippen LogP contribution < -0.4 is 5.32 Å². The van der Waals surface area contributed by atoms with Gasteiger partial charge in [0.15, 0.2) is 5.76 Å². The van der Waals surface area contributed by atoms with Crippen LogP contribution in [-0.2, 0) is 12.4 Å². The van der Waals surface area contributed by atoms with Gasteiger partial charge in [0.05, 0.1) is 18.1 Å². The first kappa shape index (κ1) is 12.9. The number of halogens is 1. The van der Waals surface area contributed by atoms with Crippen molar-refractivity contribution in [1.29, 1.82) is 0 Å². The number of alkyl halides is 1. The van der Waals surface area contributed by atoms with Crippen molar-refractivity contribution in [2.24, 2.45) is 5.92 Å². The van der Waals surface area contributed by atoms with Gasteiger partial charge in [0.25, 0.3) is 0 Å². The molecule has 0 amide bonds. The summed E-state index contributed by atoms with van der Waals surface area (Å²) in [5.41, 5.74) is 0.732. The van der Waals surface area contributed by atoms with Gasteiger partial charge in [-0.15, -0.1) is 11.6 Å². The van der Waals surface area contributed by atoms with Gasteiger partial charge in [-0.1, -0.05) is 24.4 Å². The van der Waals surface area contributed by atoms with Crippen LogP contribution in [0.4, 0.5) is 0 Å². The molecule has 1 saturated carbocycles. The summed E-state index contributed by atoms with van der Waals surface area (Å²) in [5, 5.41) is 16.9. The number of aliphatic hydroxyl groups is 1. The third-order valence-electron chi connectivity index (χ3n) is 3.33. The van der Waals surface area contributed by atoms with Gasteiger partial charge in [0.1, 0.15) is 6.23 Å². The lowest BCUT2D eigenvalue weighted by atomic mass is 9.88. The van der Waals surface area contributed by atoms with Crippen LogP contribution in [0.15, 0.2) is 10.6 Å². The highest BCUT2D eigenvalue weighted by atomic mass is 35.5. The minimum absolute atomic E-state index is 0.356. The summed E-state index contributed by atoms with van der Waals surface area (Å²) in [6.45, 7) is 0.502. The number of hydrogen-bond donors (Lipinski definition) is 2. The largest absolute Gasteiger partial charge is 0.378 e. The number of rotatable bonds is 5. The van der Waals surface area contributed by atoms with Gasteiger partial charge in [-0.2, -0.15) is 0 Å². The second-order valence-electron chi connectivity index (χ2n) is 4.64. The van der Waals surface area contributed by atoms with Gasteiger partial charge >= 0.3 is 0 Å². The predicted octanol–water partition coefficient (Wildman–Crippen LogP) is 2.40. The maximum absolute atomic E-state index is 10.0. The molecular weight excluding hydrogens is 240 g/mol. The van der Waals surface area contributed by atoms with Crippen molar-refractivity contribution in [2.45, 2.75) is 50.8 Å². The second kappa shape index (κ2) is 6.38. The van der Waals surface area contributed by atoms with Gasteiger partial charge < -0.3 is 9.63 Å². The summed E-state index contributed by atoms with van der Waals surface area (Å²) < 4.78 is 5.09. The average Bonchev–Trinajstić information content (AvgIpc) is 2.85. The molecule has 5 heteroatoms. The van der Waals surface area contributed by atoms with E-state index >= 15 is 0 Å². The van der Waals surface area contributed by atoms with Crippen LogP contribution >= 0.6 is 11.6 Å². The lowest BCUT2D eigenvalue weighted by molar-refractivity contribution is 0.0516. The van der Waals surface area contributed by atoms with Gasteiger partial charge in [0.2, 0.25) is 0 Å². The predicted molar refractivity (Wildman–Crippen MR) is 65.5 cm³/mol. The van der Waals surface area contributed by atoms with Crippen LogP contribution in [0.2, 0.25) is 0 Å². The summed E-state index contributed by atoms with van der Waals surface area (Å²) in [6.07, 6.45) is 5.52. The van der Waals surface area contributed by atoms with Crippen molar-refractivity contribution in [3.8, 4) is 0 Å². The molecule has 0 aromatic carbocycles. The zero-order valence-electron chi connectivity index (χ0n) is 9.86. The maximum atomic E-state index is 10.0. The molecule has 1 fully saturated rings. The Morgan fingerprint density at radius 1 is 1.47 bits per heavy atom. The summed E-state index contributed by atoms with van der Waals surface area (Å²) in [4.78, 5) is 0. The Bertz CT molecular complexity index is 337.